The zero-order chi connectivity index (χ0) is 22.5. The van der Waals surface area contributed by atoms with Gasteiger partial charge in [0.15, 0.2) is 0 Å². The summed E-state index contributed by atoms with van der Waals surface area (Å²) in [5, 5.41) is 6.14. The Kier molecular flexibility index (Phi) is 7.09. The summed E-state index contributed by atoms with van der Waals surface area (Å²) in [6, 6.07) is 19.2. The lowest BCUT2D eigenvalue weighted by Gasteiger charge is -2.26. The molecule has 7 heteroatoms. The molecule has 7 nitrogen and oxygen atoms in total. The third-order valence-corrected chi connectivity index (χ3v) is 5.62. The predicted molar refractivity (Wildman–Crippen MR) is 125 cm³/mol. The number of rotatable bonds is 8. The number of carbonyl (C=O) groups is 1. The number of carbonyl (C=O) groups excluding carboxylic acids is 1. The highest BCUT2D eigenvalue weighted by Gasteiger charge is 2.22. The van der Waals surface area contributed by atoms with Gasteiger partial charge in [-0.3, -0.25) is 14.3 Å². The lowest BCUT2D eigenvalue weighted by atomic mass is 10.1. The van der Waals surface area contributed by atoms with E-state index < -0.39 is 6.04 Å². The largest absolute Gasteiger partial charge is 0.319 e. The molecule has 0 bridgehead atoms. The lowest BCUT2D eigenvalue weighted by Crippen LogP contribution is -2.42. The van der Waals surface area contributed by atoms with Crippen molar-refractivity contribution in [2.45, 2.75) is 25.9 Å². The van der Waals surface area contributed by atoms with Crippen molar-refractivity contribution in [3.8, 4) is 5.69 Å². The van der Waals surface area contributed by atoms with Crippen molar-refractivity contribution in [3.63, 3.8) is 0 Å². The number of nitrogens with zero attached hydrogens (tertiary/aromatic N) is 3. The van der Waals surface area contributed by atoms with Crippen LogP contribution in [0.4, 0.5) is 5.69 Å². The fourth-order valence-corrected chi connectivity index (χ4v) is 3.60. The molecule has 0 saturated heterocycles. The molecule has 2 atom stereocenters. The molecule has 0 spiro atoms. The first-order valence-corrected chi connectivity index (χ1v) is 10.4. The van der Waals surface area contributed by atoms with Crippen LogP contribution >= 0.6 is 0 Å². The molecular weight excluding hydrogens is 390 g/mol. The number of para-hydroxylation sites is 1. The Morgan fingerprint density at radius 3 is 2.19 bits per heavy atom. The predicted octanol–water partition coefficient (Wildman–Crippen LogP) is 2.70. The lowest BCUT2D eigenvalue weighted by molar-refractivity contribution is -0.117. The van der Waals surface area contributed by atoms with Crippen LogP contribution in [-0.4, -0.2) is 46.9 Å². The van der Waals surface area contributed by atoms with E-state index in [9.17, 15) is 9.59 Å². The molecule has 1 aromatic heterocycles. The minimum atomic E-state index is -0.463. The second-order valence-electron chi connectivity index (χ2n) is 7.95. The van der Waals surface area contributed by atoms with E-state index in [1.807, 2.05) is 76.6 Å². The SMILES string of the molecule is Cc1c(NC(=O)[C@@H](C)NC[C@@H](c2ccccc2)N(C)C)c(=O)n(-c2ccccc2)n1C. The number of hydrogen-bond acceptors (Lipinski definition) is 4. The van der Waals surface area contributed by atoms with E-state index in [1.54, 1.807) is 16.3 Å². The first-order chi connectivity index (χ1) is 14.8. The molecule has 0 aliphatic rings. The standard InChI is InChI=1S/C24H31N5O2/c1-17(25-16-21(27(3)4)19-12-8-6-9-13-19)23(30)26-22-18(2)28(5)29(24(22)31)20-14-10-7-11-15-20/h6-15,17,21,25H,16H2,1-5H3,(H,26,30)/t17-,21+/m1/s1. The Morgan fingerprint density at radius 1 is 1.03 bits per heavy atom. The van der Waals surface area contributed by atoms with Gasteiger partial charge in [-0.25, -0.2) is 4.68 Å². The Bertz CT molecular complexity index is 1070. The summed E-state index contributed by atoms with van der Waals surface area (Å²) in [5.74, 6) is -0.239. The van der Waals surface area contributed by atoms with Crippen molar-refractivity contribution in [2.24, 2.45) is 7.05 Å². The van der Waals surface area contributed by atoms with Crippen LogP contribution in [0.25, 0.3) is 5.69 Å². The van der Waals surface area contributed by atoms with Gasteiger partial charge in [-0.2, -0.15) is 0 Å². The Labute approximate surface area is 183 Å². The molecular formula is C24H31N5O2. The van der Waals surface area contributed by atoms with Crippen molar-refractivity contribution in [1.82, 2.24) is 19.6 Å². The minimum Gasteiger partial charge on any atom is -0.319 e. The normalized spacial score (nSPS) is 13.2. The number of benzene rings is 2. The summed E-state index contributed by atoms with van der Waals surface area (Å²) in [5.41, 5.74) is 2.68. The molecule has 164 valence electrons. The zero-order valence-corrected chi connectivity index (χ0v) is 18.8. The van der Waals surface area contributed by atoms with Crippen LogP contribution in [0.5, 0.6) is 0 Å². The second-order valence-corrected chi connectivity index (χ2v) is 7.95. The maximum absolute atomic E-state index is 13.0. The van der Waals surface area contributed by atoms with Crippen LogP contribution in [0.1, 0.15) is 24.2 Å². The van der Waals surface area contributed by atoms with Gasteiger partial charge in [0.2, 0.25) is 5.91 Å². The van der Waals surface area contributed by atoms with Crippen LogP contribution in [-0.2, 0) is 11.8 Å². The molecule has 31 heavy (non-hydrogen) atoms. The van der Waals surface area contributed by atoms with Gasteiger partial charge in [-0.1, -0.05) is 48.5 Å². The van der Waals surface area contributed by atoms with Crippen molar-refractivity contribution in [2.75, 3.05) is 26.0 Å². The van der Waals surface area contributed by atoms with Crippen molar-refractivity contribution in [1.29, 1.82) is 0 Å². The van der Waals surface area contributed by atoms with Crippen LogP contribution in [0.3, 0.4) is 0 Å². The van der Waals surface area contributed by atoms with Gasteiger partial charge >= 0.3 is 0 Å². The van der Waals surface area contributed by atoms with E-state index in [0.29, 0.717) is 17.9 Å². The average molecular weight is 422 g/mol. The highest BCUT2D eigenvalue weighted by Crippen LogP contribution is 2.17. The highest BCUT2D eigenvalue weighted by atomic mass is 16.2. The smallest absolute Gasteiger partial charge is 0.295 e. The maximum atomic E-state index is 13.0. The summed E-state index contributed by atoms with van der Waals surface area (Å²) in [4.78, 5) is 28.0. The molecule has 0 aliphatic heterocycles. The van der Waals surface area contributed by atoms with Gasteiger partial charge in [0, 0.05) is 19.6 Å². The number of hydrogen-bond donors (Lipinski definition) is 2. The molecule has 3 rings (SSSR count). The second kappa shape index (κ2) is 9.76. The number of aromatic nitrogens is 2. The van der Waals surface area contributed by atoms with E-state index in [2.05, 4.69) is 27.7 Å². The fourth-order valence-electron chi connectivity index (χ4n) is 3.60. The number of amides is 1. The third kappa shape index (κ3) is 4.95. The molecule has 0 aliphatic carbocycles. The van der Waals surface area contributed by atoms with Crippen molar-refractivity contribution < 1.29 is 4.79 Å². The summed E-state index contributed by atoms with van der Waals surface area (Å²) < 4.78 is 3.31. The van der Waals surface area contributed by atoms with E-state index >= 15 is 0 Å². The molecule has 3 aromatic rings. The van der Waals surface area contributed by atoms with Gasteiger partial charge in [-0.15, -0.1) is 0 Å². The van der Waals surface area contributed by atoms with Gasteiger partial charge in [0.05, 0.1) is 17.4 Å². The van der Waals surface area contributed by atoms with E-state index in [4.69, 9.17) is 0 Å². The van der Waals surface area contributed by atoms with Crippen LogP contribution in [0.2, 0.25) is 0 Å². The van der Waals surface area contributed by atoms with Gasteiger partial charge < -0.3 is 15.5 Å². The molecule has 2 N–H and O–H groups in total. The quantitative estimate of drug-likeness (QED) is 0.587. The Balaban J connectivity index is 1.72. The molecule has 0 saturated carbocycles. The Hall–Kier alpha value is -3.16. The molecule has 0 unspecified atom stereocenters. The third-order valence-electron chi connectivity index (χ3n) is 5.62. The molecule has 0 fully saturated rings. The van der Waals surface area contributed by atoms with Crippen molar-refractivity contribution >= 4 is 11.6 Å². The van der Waals surface area contributed by atoms with Gasteiger partial charge in [0.1, 0.15) is 5.69 Å². The van der Waals surface area contributed by atoms with Crippen molar-refractivity contribution in [3.05, 3.63) is 82.3 Å². The zero-order valence-electron chi connectivity index (χ0n) is 18.8. The number of nitrogens with one attached hydrogen (secondary N) is 2. The number of anilines is 1. The summed E-state index contributed by atoms with van der Waals surface area (Å²) in [6.07, 6.45) is 0. The highest BCUT2D eigenvalue weighted by molar-refractivity contribution is 5.94. The minimum absolute atomic E-state index is 0.130. The molecule has 2 aromatic carbocycles. The van der Waals surface area contributed by atoms with E-state index in [-0.39, 0.29) is 17.5 Å². The molecule has 0 radical (unpaired) electrons. The monoisotopic (exact) mass is 421 g/mol. The van der Waals surface area contributed by atoms with Crippen LogP contribution in [0.15, 0.2) is 65.5 Å². The molecule has 1 heterocycles. The fraction of sp³-hybridized carbons (Fsp3) is 0.333. The molecule has 1 amide bonds. The summed E-state index contributed by atoms with van der Waals surface area (Å²) in [7, 11) is 5.84. The van der Waals surface area contributed by atoms with Crippen LogP contribution < -0.4 is 16.2 Å². The van der Waals surface area contributed by atoms with Crippen LogP contribution in [0, 0.1) is 6.92 Å². The number of likely N-dealkylation sites (N-methyl/N-ethyl adjacent to an activating group) is 1. The van der Waals surface area contributed by atoms with Gasteiger partial charge in [-0.05, 0) is 45.6 Å². The van der Waals surface area contributed by atoms with E-state index in [0.717, 1.165) is 5.69 Å². The van der Waals surface area contributed by atoms with E-state index in [1.165, 1.54) is 5.56 Å². The first kappa shape index (κ1) is 22.5. The topological polar surface area (TPSA) is 71.3 Å². The summed E-state index contributed by atoms with van der Waals surface area (Å²) >= 11 is 0. The first-order valence-electron chi connectivity index (χ1n) is 10.4. The average Bonchev–Trinajstić information content (AvgIpc) is 2.98. The van der Waals surface area contributed by atoms with Gasteiger partial charge in [0.25, 0.3) is 5.56 Å². The summed E-state index contributed by atoms with van der Waals surface area (Å²) in [6.45, 7) is 4.24. The Morgan fingerprint density at radius 2 is 1.61 bits per heavy atom. The maximum Gasteiger partial charge on any atom is 0.295 e.